The molecule has 4 rings (SSSR count). The first kappa shape index (κ1) is 21.6. The van der Waals surface area contributed by atoms with Crippen molar-refractivity contribution in [3.63, 3.8) is 0 Å². The molecule has 0 atom stereocenters. The Hall–Kier alpha value is -4.59. The Labute approximate surface area is 188 Å². The number of hydrogen-bond acceptors (Lipinski definition) is 5. The lowest BCUT2D eigenvalue weighted by molar-refractivity contribution is -0.112. The van der Waals surface area contributed by atoms with Crippen molar-refractivity contribution in [1.29, 1.82) is 0 Å². The van der Waals surface area contributed by atoms with E-state index in [0.29, 0.717) is 11.1 Å². The number of carbonyl (C=O) groups excluding carboxylic acids is 2. The largest absolute Gasteiger partial charge is 0.504 e. The standard InChI is InChI=1S/C25H19FN4O3/c1-16-9-10-18(20(26)13-16)19(14-17-7-3-2-4-8-17)21(22(31)24-27-15-28-29-24)23(32)25(33)30-11-5-6-12-30/h2-15,31H,1H3,(H,27,28,29). The minimum absolute atomic E-state index is 0.0260. The van der Waals surface area contributed by atoms with Gasteiger partial charge in [-0.25, -0.2) is 9.37 Å². The van der Waals surface area contributed by atoms with Crippen LogP contribution in [0, 0.1) is 12.7 Å². The zero-order valence-electron chi connectivity index (χ0n) is 17.6. The molecule has 33 heavy (non-hydrogen) atoms. The molecule has 0 fully saturated rings. The summed E-state index contributed by atoms with van der Waals surface area (Å²) in [7, 11) is 0. The summed E-state index contributed by atoms with van der Waals surface area (Å²) in [4.78, 5) is 30.3. The van der Waals surface area contributed by atoms with Crippen LogP contribution in [0.25, 0.3) is 17.4 Å². The Morgan fingerprint density at radius 1 is 1.06 bits per heavy atom. The van der Waals surface area contributed by atoms with E-state index in [2.05, 4.69) is 15.2 Å². The van der Waals surface area contributed by atoms with Crippen molar-refractivity contribution in [3.8, 4) is 0 Å². The van der Waals surface area contributed by atoms with Gasteiger partial charge in [-0.3, -0.25) is 19.3 Å². The highest BCUT2D eigenvalue weighted by atomic mass is 19.1. The van der Waals surface area contributed by atoms with E-state index in [1.54, 1.807) is 49.4 Å². The van der Waals surface area contributed by atoms with Crippen LogP contribution in [-0.4, -0.2) is 36.5 Å². The van der Waals surface area contributed by atoms with Gasteiger partial charge in [0, 0.05) is 23.5 Å². The molecule has 0 radical (unpaired) electrons. The summed E-state index contributed by atoms with van der Waals surface area (Å²) in [6.07, 6.45) is 5.51. The van der Waals surface area contributed by atoms with Gasteiger partial charge in [-0.05, 0) is 42.3 Å². The fourth-order valence-electron chi connectivity index (χ4n) is 3.33. The number of rotatable bonds is 6. The van der Waals surface area contributed by atoms with E-state index in [1.165, 1.54) is 30.6 Å². The van der Waals surface area contributed by atoms with Gasteiger partial charge in [-0.15, -0.1) is 0 Å². The van der Waals surface area contributed by atoms with Crippen LogP contribution in [0.2, 0.25) is 0 Å². The van der Waals surface area contributed by atoms with Crippen LogP contribution < -0.4 is 0 Å². The number of aliphatic hydroxyl groups is 1. The molecule has 0 saturated heterocycles. The SMILES string of the molecule is Cc1ccc(C(=Cc2ccccc2)C(C(=O)C(=O)n2cccc2)=C(O)c2ncn[nH]2)c(F)c1. The Morgan fingerprint density at radius 2 is 1.79 bits per heavy atom. The van der Waals surface area contributed by atoms with Gasteiger partial charge in [0.05, 0.1) is 5.57 Å². The average molecular weight is 442 g/mol. The third-order valence-corrected chi connectivity index (χ3v) is 4.93. The van der Waals surface area contributed by atoms with Gasteiger partial charge >= 0.3 is 5.91 Å². The van der Waals surface area contributed by atoms with Crippen molar-refractivity contribution in [2.75, 3.05) is 0 Å². The summed E-state index contributed by atoms with van der Waals surface area (Å²) in [5.74, 6) is -3.33. The molecule has 4 aromatic rings. The summed E-state index contributed by atoms with van der Waals surface area (Å²) in [5, 5.41) is 17.2. The number of ketones is 1. The molecule has 2 heterocycles. The number of nitrogens with zero attached hydrogens (tertiary/aromatic N) is 3. The van der Waals surface area contributed by atoms with Gasteiger partial charge in [0.15, 0.2) is 11.6 Å². The van der Waals surface area contributed by atoms with Gasteiger partial charge in [0.25, 0.3) is 5.78 Å². The summed E-state index contributed by atoms with van der Waals surface area (Å²) in [5.41, 5.74) is 0.973. The first-order valence-electron chi connectivity index (χ1n) is 10.0. The lowest BCUT2D eigenvalue weighted by atomic mass is 9.90. The van der Waals surface area contributed by atoms with Gasteiger partial charge < -0.3 is 5.11 Å². The van der Waals surface area contributed by atoms with E-state index in [4.69, 9.17) is 0 Å². The number of Topliss-reactive ketones (excluding diaryl/α,β-unsaturated/α-hetero) is 1. The fraction of sp³-hybridized carbons (Fsp3) is 0.0400. The molecular weight excluding hydrogens is 423 g/mol. The zero-order chi connectivity index (χ0) is 23.4. The van der Waals surface area contributed by atoms with E-state index < -0.39 is 28.8 Å². The minimum atomic E-state index is -1.04. The molecule has 0 aliphatic carbocycles. The van der Waals surface area contributed by atoms with Gasteiger partial charge in [0.2, 0.25) is 0 Å². The molecule has 0 aliphatic heterocycles. The number of halogens is 1. The normalized spacial score (nSPS) is 12.4. The van der Waals surface area contributed by atoms with Gasteiger partial charge in [0.1, 0.15) is 12.1 Å². The second-order valence-electron chi connectivity index (χ2n) is 7.23. The number of allylic oxidation sites excluding steroid dienone is 2. The maximum absolute atomic E-state index is 15.1. The van der Waals surface area contributed by atoms with Crippen molar-refractivity contribution in [3.05, 3.63) is 113 Å². The number of H-pyrrole nitrogens is 1. The maximum atomic E-state index is 15.1. The molecule has 0 aliphatic rings. The lowest BCUT2D eigenvalue weighted by Crippen LogP contribution is -2.24. The Bertz CT molecular complexity index is 1360. The predicted octanol–water partition coefficient (Wildman–Crippen LogP) is 4.47. The number of nitrogens with one attached hydrogen (secondary N) is 1. The maximum Gasteiger partial charge on any atom is 0.303 e. The first-order chi connectivity index (χ1) is 16.0. The quantitative estimate of drug-likeness (QED) is 0.151. The molecule has 7 nitrogen and oxygen atoms in total. The van der Waals surface area contributed by atoms with E-state index >= 15 is 4.39 Å². The second kappa shape index (κ2) is 9.27. The third kappa shape index (κ3) is 4.54. The molecule has 0 amide bonds. The molecule has 0 bridgehead atoms. The predicted molar refractivity (Wildman–Crippen MR) is 121 cm³/mol. The first-order valence-corrected chi connectivity index (χ1v) is 10.0. The minimum Gasteiger partial charge on any atom is -0.504 e. The zero-order valence-corrected chi connectivity index (χ0v) is 17.6. The summed E-state index contributed by atoms with van der Waals surface area (Å²) >= 11 is 0. The topological polar surface area (TPSA) is 101 Å². The van der Waals surface area contributed by atoms with Gasteiger partial charge in [-0.2, -0.15) is 5.10 Å². The smallest absolute Gasteiger partial charge is 0.303 e. The van der Waals surface area contributed by atoms with Crippen molar-refractivity contribution >= 4 is 29.1 Å². The number of hydrogen-bond donors (Lipinski definition) is 2. The Balaban J connectivity index is 1.99. The lowest BCUT2D eigenvalue weighted by Gasteiger charge is -2.15. The third-order valence-electron chi connectivity index (χ3n) is 4.93. The van der Waals surface area contributed by atoms with Gasteiger partial charge in [-0.1, -0.05) is 42.5 Å². The van der Waals surface area contributed by atoms with Crippen molar-refractivity contribution in [2.45, 2.75) is 6.92 Å². The van der Waals surface area contributed by atoms with Crippen molar-refractivity contribution < 1.29 is 19.1 Å². The monoisotopic (exact) mass is 442 g/mol. The number of benzene rings is 2. The summed E-state index contributed by atoms with van der Waals surface area (Å²) < 4.78 is 16.2. The molecule has 2 N–H and O–H groups in total. The highest BCUT2D eigenvalue weighted by Crippen LogP contribution is 2.33. The number of aromatic nitrogens is 4. The molecule has 0 spiro atoms. The molecule has 0 unspecified atom stereocenters. The van der Waals surface area contributed by atoms with Crippen molar-refractivity contribution in [2.24, 2.45) is 0 Å². The second-order valence-corrected chi connectivity index (χ2v) is 7.23. The van der Waals surface area contributed by atoms with Crippen LogP contribution in [0.15, 0.2) is 85.0 Å². The summed E-state index contributed by atoms with van der Waals surface area (Å²) in [6, 6.07) is 16.6. The molecule has 8 heteroatoms. The molecule has 2 aromatic heterocycles. The molecule has 0 saturated carbocycles. The van der Waals surface area contributed by atoms with Crippen LogP contribution in [0.1, 0.15) is 27.3 Å². The van der Waals surface area contributed by atoms with Crippen LogP contribution in [0.3, 0.4) is 0 Å². The summed E-state index contributed by atoms with van der Waals surface area (Å²) in [6.45, 7) is 1.73. The molecule has 164 valence electrons. The van der Waals surface area contributed by atoms with E-state index in [1.807, 2.05) is 6.07 Å². The molecule has 2 aromatic carbocycles. The highest BCUT2D eigenvalue weighted by molar-refractivity contribution is 6.48. The Morgan fingerprint density at radius 3 is 2.42 bits per heavy atom. The Kier molecular flexibility index (Phi) is 6.08. The van der Waals surface area contributed by atoms with Crippen LogP contribution in [0.4, 0.5) is 4.39 Å². The van der Waals surface area contributed by atoms with Crippen molar-refractivity contribution in [1.82, 2.24) is 19.7 Å². The fourth-order valence-corrected chi connectivity index (χ4v) is 3.33. The van der Waals surface area contributed by atoms with Crippen LogP contribution >= 0.6 is 0 Å². The highest BCUT2D eigenvalue weighted by Gasteiger charge is 2.30. The van der Waals surface area contributed by atoms with E-state index in [0.717, 1.165) is 10.9 Å². The van der Waals surface area contributed by atoms with E-state index in [-0.39, 0.29) is 17.0 Å². The van der Waals surface area contributed by atoms with E-state index in [9.17, 15) is 14.7 Å². The number of aryl methyl sites for hydroxylation is 1. The van der Waals surface area contributed by atoms with Crippen LogP contribution in [0.5, 0.6) is 0 Å². The molecular formula is C25H19FN4O3. The number of carbonyl (C=O) groups is 2. The number of aliphatic hydroxyl groups excluding tert-OH is 1. The number of aromatic amines is 1. The van der Waals surface area contributed by atoms with Crippen LogP contribution in [-0.2, 0) is 4.79 Å². The average Bonchev–Trinajstić information content (AvgIpc) is 3.53.